The molecule has 1 atom stereocenters. The number of thiophene rings is 1. The zero-order valence-electron chi connectivity index (χ0n) is 9.27. The third-order valence-corrected chi connectivity index (χ3v) is 4.07. The molecule has 2 aromatic rings. The Morgan fingerprint density at radius 1 is 1.62 bits per heavy atom. The van der Waals surface area contributed by atoms with Crippen LogP contribution in [-0.2, 0) is 7.05 Å². The minimum Gasteiger partial charge on any atom is -0.305 e. The Kier molecular flexibility index (Phi) is 3.78. The lowest BCUT2D eigenvalue weighted by molar-refractivity contribution is 0.607. The Morgan fingerprint density at radius 2 is 2.44 bits per heavy atom. The van der Waals surface area contributed by atoms with Crippen LogP contribution in [0.1, 0.15) is 23.5 Å². The molecule has 0 aliphatic heterocycles. The van der Waals surface area contributed by atoms with E-state index in [0.29, 0.717) is 0 Å². The van der Waals surface area contributed by atoms with Gasteiger partial charge in [-0.2, -0.15) is 5.10 Å². The van der Waals surface area contributed by atoms with Crippen LogP contribution in [0.5, 0.6) is 0 Å². The van der Waals surface area contributed by atoms with Crippen molar-refractivity contribution in [3.05, 3.63) is 38.8 Å². The Labute approximate surface area is 108 Å². The van der Waals surface area contributed by atoms with Gasteiger partial charge in [0.05, 0.1) is 11.7 Å². The Bertz CT molecular complexity index is 423. The number of halogens is 1. The molecule has 0 saturated heterocycles. The lowest BCUT2D eigenvalue weighted by Gasteiger charge is -2.13. The first kappa shape index (κ1) is 11.8. The van der Waals surface area contributed by atoms with Crippen LogP contribution in [0.25, 0.3) is 0 Å². The van der Waals surface area contributed by atoms with Gasteiger partial charge in [0, 0.05) is 28.0 Å². The van der Waals surface area contributed by atoms with Crippen molar-refractivity contribution in [3.63, 3.8) is 0 Å². The maximum absolute atomic E-state index is 4.46. The highest BCUT2D eigenvalue weighted by molar-refractivity contribution is 9.10. The molecule has 2 heterocycles. The summed E-state index contributed by atoms with van der Waals surface area (Å²) in [5.74, 6) is 0. The van der Waals surface area contributed by atoms with Crippen molar-refractivity contribution in [2.24, 2.45) is 7.05 Å². The highest BCUT2D eigenvalue weighted by atomic mass is 79.9. The summed E-state index contributed by atoms with van der Waals surface area (Å²) >= 11 is 5.23. The average molecular weight is 300 g/mol. The molecule has 5 heteroatoms. The van der Waals surface area contributed by atoms with Crippen molar-refractivity contribution in [1.29, 1.82) is 0 Å². The van der Waals surface area contributed by atoms with Crippen LogP contribution < -0.4 is 5.32 Å². The molecule has 1 unspecified atom stereocenters. The van der Waals surface area contributed by atoms with E-state index in [1.807, 2.05) is 17.9 Å². The first-order chi connectivity index (χ1) is 7.70. The van der Waals surface area contributed by atoms with Crippen molar-refractivity contribution < 1.29 is 0 Å². The summed E-state index contributed by atoms with van der Waals surface area (Å²) < 4.78 is 2.97. The SMILES string of the molecule is CCNC(c1ccn(C)n1)c1cc(Br)cs1. The molecule has 0 aliphatic rings. The van der Waals surface area contributed by atoms with Crippen LogP contribution in [-0.4, -0.2) is 16.3 Å². The fourth-order valence-electron chi connectivity index (χ4n) is 1.62. The summed E-state index contributed by atoms with van der Waals surface area (Å²) in [5.41, 5.74) is 1.07. The number of aromatic nitrogens is 2. The molecule has 2 rings (SSSR count). The largest absolute Gasteiger partial charge is 0.305 e. The highest BCUT2D eigenvalue weighted by Crippen LogP contribution is 2.29. The minimum atomic E-state index is 0.197. The molecule has 3 nitrogen and oxygen atoms in total. The second-order valence-corrected chi connectivity index (χ2v) is 5.43. The van der Waals surface area contributed by atoms with E-state index < -0.39 is 0 Å². The van der Waals surface area contributed by atoms with E-state index in [1.165, 1.54) is 4.88 Å². The van der Waals surface area contributed by atoms with Crippen molar-refractivity contribution in [2.75, 3.05) is 6.54 Å². The highest BCUT2D eigenvalue weighted by Gasteiger charge is 2.17. The number of hydrogen-bond acceptors (Lipinski definition) is 3. The molecule has 0 saturated carbocycles. The molecule has 0 aromatic carbocycles. The summed E-state index contributed by atoms with van der Waals surface area (Å²) in [6, 6.07) is 4.40. The first-order valence-corrected chi connectivity index (χ1v) is 6.85. The summed E-state index contributed by atoms with van der Waals surface area (Å²) in [4.78, 5) is 1.28. The monoisotopic (exact) mass is 299 g/mol. The van der Waals surface area contributed by atoms with E-state index in [9.17, 15) is 0 Å². The second-order valence-electron chi connectivity index (χ2n) is 3.57. The third-order valence-electron chi connectivity index (χ3n) is 2.31. The van der Waals surface area contributed by atoms with E-state index >= 15 is 0 Å². The summed E-state index contributed by atoms with van der Waals surface area (Å²) in [6.07, 6.45) is 1.97. The normalized spacial score (nSPS) is 12.9. The van der Waals surface area contributed by atoms with Gasteiger partial charge in [0.25, 0.3) is 0 Å². The van der Waals surface area contributed by atoms with Gasteiger partial charge in [-0.25, -0.2) is 0 Å². The van der Waals surface area contributed by atoms with Gasteiger partial charge >= 0.3 is 0 Å². The Morgan fingerprint density at radius 3 is 2.94 bits per heavy atom. The number of hydrogen-bond donors (Lipinski definition) is 1. The maximum atomic E-state index is 4.46. The zero-order chi connectivity index (χ0) is 11.5. The Hall–Kier alpha value is -0.650. The topological polar surface area (TPSA) is 29.9 Å². The summed E-state index contributed by atoms with van der Waals surface area (Å²) in [6.45, 7) is 3.04. The van der Waals surface area contributed by atoms with Crippen LogP contribution in [0.4, 0.5) is 0 Å². The molecular weight excluding hydrogens is 286 g/mol. The van der Waals surface area contributed by atoms with Gasteiger partial charge in [-0.15, -0.1) is 11.3 Å². The third kappa shape index (κ3) is 2.53. The van der Waals surface area contributed by atoms with E-state index in [2.05, 4.69) is 50.8 Å². The van der Waals surface area contributed by atoms with Crippen LogP contribution in [0.15, 0.2) is 28.2 Å². The molecule has 0 bridgehead atoms. The summed E-state index contributed by atoms with van der Waals surface area (Å²) in [7, 11) is 1.94. The van der Waals surface area contributed by atoms with Crippen molar-refractivity contribution in [2.45, 2.75) is 13.0 Å². The van der Waals surface area contributed by atoms with Crippen molar-refractivity contribution in [1.82, 2.24) is 15.1 Å². The Balaban J connectivity index is 2.30. The number of nitrogens with zero attached hydrogens (tertiary/aromatic N) is 2. The minimum absolute atomic E-state index is 0.197. The molecule has 0 amide bonds. The van der Waals surface area contributed by atoms with Crippen LogP contribution in [0.2, 0.25) is 0 Å². The maximum Gasteiger partial charge on any atom is 0.0863 e. The standard InChI is InChI=1S/C11H14BrN3S/c1-3-13-11(9-4-5-15(2)14-9)10-6-8(12)7-16-10/h4-7,11,13H,3H2,1-2H3. The van der Waals surface area contributed by atoms with E-state index in [4.69, 9.17) is 0 Å². The van der Waals surface area contributed by atoms with Gasteiger partial charge in [-0.1, -0.05) is 6.92 Å². The first-order valence-electron chi connectivity index (χ1n) is 5.17. The van der Waals surface area contributed by atoms with E-state index in [-0.39, 0.29) is 6.04 Å². The van der Waals surface area contributed by atoms with Gasteiger partial charge in [0.2, 0.25) is 0 Å². The smallest absolute Gasteiger partial charge is 0.0863 e. The zero-order valence-corrected chi connectivity index (χ0v) is 11.7. The molecular formula is C11H14BrN3S. The van der Waals surface area contributed by atoms with E-state index in [1.54, 1.807) is 11.3 Å². The molecule has 0 aliphatic carbocycles. The molecule has 16 heavy (non-hydrogen) atoms. The fourth-order valence-corrected chi connectivity index (χ4v) is 3.15. The predicted octanol–water partition coefficient (Wildman–Crippen LogP) is 2.94. The molecule has 0 radical (unpaired) electrons. The summed E-state index contributed by atoms with van der Waals surface area (Å²) in [5, 5.41) is 10.0. The van der Waals surface area contributed by atoms with Crippen LogP contribution in [0, 0.1) is 0 Å². The van der Waals surface area contributed by atoms with Crippen LogP contribution in [0.3, 0.4) is 0 Å². The number of rotatable bonds is 4. The van der Waals surface area contributed by atoms with Gasteiger partial charge in [0.1, 0.15) is 0 Å². The quantitative estimate of drug-likeness (QED) is 0.941. The number of nitrogens with one attached hydrogen (secondary N) is 1. The van der Waals surface area contributed by atoms with Gasteiger partial charge in [0.15, 0.2) is 0 Å². The molecule has 1 N–H and O–H groups in total. The van der Waals surface area contributed by atoms with E-state index in [0.717, 1.165) is 16.7 Å². The predicted molar refractivity (Wildman–Crippen MR) is 70.7 cm³/mol. The molecule has 86 valence electrons. The fraction of sp³-hybridized carbons (Fsp3) is 0.364. The van der Waals surface area contributed by atoms with Gasteiger partial charge < -0.3 is 5.32 Å². The lowest BCUT2D eigenvalue weighted by atomic mass is 10.2. The second kappa shape index (κ2) is 5.12. The van der Waals surface area contributed by atoms with Gasteiger partial charge in [-0.05, 0) is 34.6 Å². The number of aryl methyl sites for hydroxylation is 1. The molecule has 0 spiro atoms. The molecule has 0 fully saturated rings. The van der Waals surface area contributed by atoms with Crippen molar-refractivity contribution in [3.8, 4) is 0 Å². The lowest BCUT2D eigenvalue weighted by Crippen LogP contribution is -2.21. The van der Waals surface area contributed by atoms with Crippen LogP contribution >= 0.6 is 27.3 Å². The van der Waals surface area contributed by atoms with Gasteiger partial charge in [-0.3, -0.25) is 4.68 Å². The molecule has 2 aromatic heterocycles. The average Bonchev–Trinajstić information content (AvgIpc) is 2.84. The van der Waals surface area contributed by atoms with Crippen molar-refractivity contribution >= 4 is 27.3 Å².